The third-order valence-electron chi connectivity index (χ3n) is 4.46. The van der Waals surface area contributed by atoms with Crippen LogP contribution in [0.4, 0.5) is 0 Å². The Hall–Kier alpha value is -2.52. The Morgan fingerprint density at radius 2 is 1.68 bits per heavy atom. The normalized spacial score (nSPS) is 24.2. The van der Waals surface area contributed by atoms with Crippen molar-refractivity contribution in [1.82, 2.24) is 0 Å². The van der Waals surface area contributed by atoms with Crippen LogP contribution < -0.4 is 14.2 Å². The highest BCUT2D eigenvalue weighted by atomic mass is 16.7. The average Bonchev–Trinajstić information content (AvgIpc) is 2.92. The minimum Gasteiger partial charge on any atom is -0.504 e. The number of rotatable bonds is 6. The Morgan fingerprint density at radius 3 is 2.29 bits per heavy atom. The largest absolute Gasteiger partial charge is 0.504 e. The summed E-state index contributed by atoms with van der Waals surface area (Å²) in [6.07, 6.45) is -4.58. The van der Waals surface area contributed by atoms with Crippen molar-refractivity contribution in [3.05, 3.63) is 41.5 Å². The number of phenols is 1. The Kier molecular flexibility index (Phi) is 5.95. The second-order valence-electron chi connectivity index (χ2n) is 6.70. The van der Waals surface area contributed by atoms with Gasteiger partial charge in [-0.25, -0.2) is 0 Å². The van der Waals surface area contributed by atoms with E-state index in [2.05, 4.69) is 0 Å². The number of methoxy groups -OCH3 is 1. The highest BCUT2D eigenvalue weighted by Crippen LogP contribution is 2.38. The Labute approximate surface area is 162 Å². The second-order valence-corrected chi connectivity index (χ2v) is 6.70. The molecule has 1 fully saturated rings. The first-order valence-corrected chi connectivity index (χ1v) is 8.78. The van der Waals surface area contributed by atoms with E-state index in [1.807, 2.05) is 6.92 Å². The van der Waals surface area contributed by atoms with Gasteiger partial charge in [-0.1, -0.05) is 0 Å². The Bertz CT molecular complexity index is 814. The molecule has 0 aromatic heterocycles. The molecule has 0 saturated carbocycles. The maximum atomic E-state index is 10.2. The lowest BCUT2D eigenvalue weighted by atomic mass is 10.1. The van der Waals surface area contributed by atoms with Crippen LogP contribution in [0.3, 0.4) is 0 Å². The lowest BCUT2D eigenvalue weighted by Gasteiger charge is -2.18. The first-order valence-electron chi connectivity index (χ1n) is 8.78. The first kappa shape index (κ1) is 20.2. The fraction of sp³-hybridized carbons (Fsp3) is 0.400. The van der Waals surface area contributed by atoms with Crippen LogP contribution in [0.15, 0.2) is 30.3 Å². The molecule has 0 amide bonds. The monoisotopic (exact) mass is 392 g/mol. The van der Waals surface area contributed by atoms with Crippen molar-refractivity contribution in [2.24, 2.45) is 0 Å². The maximum absolute atomic E-state index is 10.2. The fourth-order valence-electron chi connectivity index (χ4n) is 3.03. The molecule has 8 heteroatoms. The van der Waals surface area contributed by atoms with Crippen LogP contribution in [0, 0.1) is 13.8 Å². The number of aliphatic hydroxyl groups is 3. The van der Waals surface area contributed by atoms with Crippen LogP contribution in [-0.2, 0) is 4.74 Å². The lowest BCUT2D eigenvalue weighted by molar-refractivity contribution is -0.116. The number of hydrogen-bond donors (Lipinski definition) is 4. The molecule has 1 aliphatic rings. The van der Waals surface area contributed by atoms with Crippen molar-refractivity contribution >= 4 is 0 Å². The molecular formula is C20H24O8. The van der Waals surface area contributed by atoms with Crippen molar-refractivity contribution in [2.75, 3.05) is 13.7 Å². The third kappa shape index (κ3) is 4.15. The molecule has 4 atom stereocenters. The average molecular weight is 392 g/mol. The van der Waals surface area contributed by atoms with E-state index >= 15 is 0 Å². The van der Waals surface area contributed by atoms with E-state index in [0.29, 0.717) is 22.8 Å². The Morgan fingerprint density at radius 1 is 0.964 bits per heavy atom. The molecule has 2 aromatic carbocycles. The minimum absolute atomic E-state index is 0.0655. The molecule has 0 radical (unpaired) electrons. The molecule has 8 nitrogen and oxygen atoms in total. The quantitative estimate of drug-likeness (QED) is 0.586. The minimum atomic E-state index is -1.30. The Balaban J connectivity index is 1.81. The fourth-order valence-corrected chi connectivity index (χ4v) is 3.03. The predicted octanol–water partition coefficient (Wildman–Crippen LogP) is 1.63. The van der Waals surface area contributed by atoms with E-state index in [0.717, 1.165) is 5.56 Å². The van der Waals surface area contributed by atoms with Gasteiger partial charge >= 0.3 is 0 Å². The highest BCUT2D eigenvalue weighted by molar-refractivity contribution is 5.52. The van der Waals surface area contributed by atoms with E-state index in [4.69, 9.17) is 18.9 Å². The summed E-state index contributed by atoms with van der Waals surface area (Å²) in [5, 5.41) is 39.3. The topological polar surface area (TPSA) is 118 Å². The molecule has 1 saturated heterocycles. The van der Waals surface area contributed by atoms with Crippen LogP contribution >= 0.6 is 0 Å². The highest BCUT2D eigenvalue weighted by Gasteiger charge is 2.43. The molecule has 3 rings (SSSR count). The molecule has 1 aliphatic heterocycles. The van der Waals surface area contributed by atoms with Gasteiger partial charge in [0.05, 0.1) is 13.7 Å². The van der Waals surface area contributed by atoms with Crippen molar-refractivity contribution < 1.29 is 39.4 Å². The SMILES string of the molecule is COc1cc(C)c(Oc2cc(C)cc(O[C@@H]3O[C@H](CO)[C@@H](O)[C@H]3O)c2)c(O)c1. The predicted molar refractivity (Wildman–Crippen MR) is 99.0 cm³/mol. The van der Waals surface area contributed by atoms with Crippen LogP contribution in [0.25, 0.3) is 0 Å². The number of hydrogen-bond acceptors (Lipinski definition) is 8. The zero-order valence-electron chi connectivity index (χ0n) is 15.8. The molecule has 1 heterocycles. The summed E-state index contributed by atoms with van der Waals surface area (Å²) in [6.45, 7) is 3.18. The van der Waals surface area contributed by atoms with Crippen LogP contribution in [0.2, 0.25) is 0 Å². The smallest absolute Gasteiger partial charge is 0.229 e. The molecular weight excluding hydrogens is 368 g/mol. The van der Waals surface area contributed by atoms with Gasteiger partial charge in [0.1, 0.15) is 35.6 Å². The van der Waals surface area contributed by atoms with Crippen molar-refractivity contribution in [1.29, 1.82) is 0 Å². The summed E-state index contributed by atoms with van der Waals surface area (Å²) < 4.78 is 21.9. The molecule has 0 aliphatic carbocycles. The standard InChI is InChI=1S/C20H24O8/c1-10-4-13(26-19-11(2)6-12(25-3)8-15(19)22)7-14(5-10)27-20-18(24)17(23)16(9-21)28-20/h4-8,16-18,20-24H,9H2,1-3H3/t16-,17-,18-,20-/m1/s1. The van der Waals surface area contributed by atoms with Crippen LogP contribution in [0.5, 0.6) is 28.7 Å². The van der Waals surface area contributed by atoms with Gasteiger partial charge in [0, 0.05) is 12.1 Å². The molecule has 0 unspecified atom stereocenters. The van der Waals surface area contributed by atoms with Gasteiger partial charge in [0.25, 0.3) is 0 Å². The summed E-state index contributed by atoms with van der Waals surface area (Å²) in [7, 11) is 1.51. The van der Waals surface area contributed by atoms with Gasteiger partial charge in [0.2, 0.25) is 6.29 Å². The number of phenolic OH excluding ortho intramolecular Hbond substituents is 1. The van der Waals surface area contributed by atoms with E-state index in [1.54, 1.807) is 31.2 Å². The van der Waals surface area contributed by atoms with Crippen LogP contribution in [0.1, 0.15) is 11.1 Å². The lowest BCUT2D eigenvalue weighted by Crippen LogP contribution is -2.35. The van der Waals surface area contributed by atoms with Gasteiger partial charge in [-0.15, -0.1) is 0 Å². The number of aryl methyl sites for hydroxylation is 2. The molecule has 0 bridgehead atoms. The molecule has 2 aromatic rings. The van der Waals surface area contributed by atoms with E-state index in [9.17, 15) is 20.4 Å². The van der Waals surface area contributed by atoms with Gasteiger partial charge in [-0.3, -0.25) is 0 Å². The summed E-state index contributed by atoms with van der Waals surface area (Å²) >= 11 is 0. The van der Waals surface area contributed by atoms with Gasteiger partial charge in [-0.2, -0.15) is 0 Å². The number of aliphatic hydroxyl groups excluding tert-OH is 3. The third-order valence-corrected chi connectivity index (χ3v) is 4.46. The van der Waals surface area contributed by atoms with E-state index in [1.165, 1.54) is 13.2 Å². The summed E-state index contributed by atoms with van der Waals surface area (Å²) in [6, 6.07) is 8.23. The van der Waals surface area contributed by atoms with Crippen LogP contribution in [-0.4, -0.2) is 58.7 Å². The zero-order chi connectivity index (χ0) is 20.4. The van der Waals surface area contributed by atoms with Crippen molar-refractivity contribution in [2.45, 2.75) is 38.4 Å². The maximum Gasteiger partial charge on any atom is 0.229 e. The number of aromatic hydroxyl groups is 1. The van der Waals surface area contributed by atoms with Gasteiger partial charge in [-0.05, 0) is 43.2 Å². The molecule has 152 valence electrons. The zero-order valence-corrected chi connectivity index (χ0v) is 15.8. The van der Waals surface area contributed by atoms with Crippen molar-refractivity contribution in [3.63, 3.8) is 0 Å². The number of benzene rings is 2. The summed E-state index contributed by atoms with van der Waals surface area (Å²) in [5.41, 5.74) is 1.49. The van der Waals surface area contributed by atoms with Gasteiger partial charge < -0.3 is 39.4 Å². The first-order chi connectivity index (χ1) is 13.3. The summed E-state index contributed by atoms with van der Waals surface area (Å²) in [4.78, 5) is 0. The number of ether oxygens (including phenoxy) is 4. The van der Waals surface area contributed by atoms with Gasteiger partial charge in [0.15, 0.2) is 11.5 Å². The van der Waals surface area contributed by atoms with Crippen molar-refractivity contribution in [3.8, 4) is 28.7 Å². The molecule has 4 N–H and O–H groups in total. The molecule has 0 spiro atoms. The second kappa shape index (κ2) is 8.24. The summed E-state index contributed by atoms with van der Waals surface area (Å²) in [5.74, 6) is 1.48. The van der Waals surface area contributed by atoms with E-state index < -0.39 is 31.2 Å². The molecule has 28 heavy (non-hydrogen) atoms. The van der Waals surface area contributed by atoms with E-state index in [-0.39, 0.29) is 11.5 Å².